The van der Waals surface area contributed by atoms with Crippen molar-refractivity contribution < 1.29 is 24.2 Å². The van der Waals surface area contributed by atoms with Crippen molar-refractivity contribution in [2.75, 3.05) is 13.7 Å². The van der Waals surface area contributed by atoms with Gasteiger partial charge in [-0.3, -0.25) is 5.21 Å². The molecule has 2 heterocycles. The van der Waals surface area contributed by atoms with Crippen LogP contribution in [0.5, 0.6) is 5.75 Å². The van der Waals surface area contributed by atoms with Gasteiger partial charge in [0.05, 0.1) is 13.7 Å². The van der Waals surface area contributed by atoms with Gasteiger partial charge in [0.15, 0.2) is 10.6 Å². The summed E-state index contributed by atoms with van der Waals surface area (Å²) in [6.07, 6.45) is 3.00. The van der Waals surface area contributed by atoms with Crippen molar-refractivity contribution in [3.05, 3.63) is 23.3 Å². The molecule has 0 bridgehead atoms. The Hall–Kier alpha value is -1.82. The number of fused-ring (bicyclic) bond motifs is 1. The van der Waals surface area contributed by atoms with Crippen molar-refractivity contribution in [2.24, 2.45) is 0 Å². The number of aromatic nitrogens is 1. The quantitative estimate of drug-likeness (QED) is 0.513. The molecule has 6 heteroatoms. The first-order valence-electron chi connectivity index (χ1n) is 5.05. The van der Waals surface area contributed by atoms with E-state index in [1.807, 2.05) is 0 Å². The number of thiophene rings is 1. The third-order valence-electron chi connectivity index (χ3n) is 2.24. The summed E-state index contributed by atoms with van der Waals surface area (Å²) in [5.41, 5.74) is 0. The maximum Gasteiger partial charge on any atom is 0.352 e. The highest BCUT2D eigenvalue weighted by Crippen LogP contribution is 2.37. The molecule has 0 fully saturated rings. The zero-order valence-electron chi connectivity index (χ0n) is 9.47. The standard InChI is InChI=1S/C11H12NO4S/c1-3-16-11(13)10-9(15-2)7-4-5-12(14)6-8(7)17-10/h4-6,14H,3H2,1-2H3/q+1. The number of pyridine rings is 1. The molecule has 90 valence electrons. The van der Waals surface area contributed by atoms with Crippen molar-refractivity contribution in [3.63, 3.8) is 0 Å². The minimum atomic E-state index is -0.407. The Labute approximate surface area is 102 Å². The molecular weight excluding hydrogens is 242 g/mol. The molecule has 0 saturated carbocycles. The first-order valence-corrected chi connectivity index (χ1v) is 5.87. The molecule has 2 aromatic heterocycles. The molecule has 0 aliphatic rings. The van der Waals surface area contributed by atoms with E-state index in [-0.39, 0.29) is 0 Å². The molecule has 5 nitrogen and oxygen atoms in total. The summed E-state index contributed by atoms with van der Waals surface area (Å²) in [7, 11) is 1.50. The van der Waals surface area contributed by atoms with Crippen LogP contribution in [-0.4, -0.2) is 24.9 Å². The number of methoxy groups -OCH3 is 1. The van der Waals surface area contributed by atoms with Crippen molar-refractivity contribution in [1.29, 1.82) is 0 Å². The van der Waals surface area contributed by atoms with E-state index in [9.17, 15) is 10.0 Å². The van der Waals surface area contributed by atoms with Crippen LogP contribution in [0.1, 0.15) is 16.6 Å². The first kappa shape index (κ1) is 11.7. The lowest BCUT2D eigenvalue weighted by molar-refractivity contribution is -0.903. The molecule has 1 N–H and O–H groups in total. The Balaban J connectivity index is 2.59. The second-order valence-corrected chi connectivity index (χ2v) is 4.34. The number of hydrogen-bond acceptors (Lipinski definition) is 5. The van der Waals surface area contributed by atoms with Gasteiger partial charge >= 0.3 is 5.97 Å². The molecule has 0 radical (unpaired) electrons. The average molecular weight is 254 g/mol. The van der Waals surface area contributed by atoms with Crippen molar-refractivity contribution in [2.45, 2.75) is 6.92 Å². The third-order valence-corrected chi connectivity index (χ3v) is 3.34. The number of esters is 1. The minimum absolute atomic E-state index is 0.316. The number of carbonyl (C=O) groups excluding carboxylic acids is 1. The lowest BCUT2D eigenvalue weighted by atomic mass is 10.3. The van der Waals surface area contributed by atoms with Gasteiger partial charge in [-0.05, 0) is 6.92 Å². The SMILES string of the molecule is CCOC(=O)c1sc2c[n+](O)ccc2c1OC. The topological polar surface area (TPSA) is 59.6 Å². The Morgan fingerprint density at radius 3 is 3.00 bits per heavy atom. The third kappa shape index (κ3) is 2.03. The summed E-state index contributed by atoms with van der Waals surface area (Å²) < 4.78 is 11.9. The van der Waals surface area contributed by atoms with E-state index in [0.29, 0.717) is 17.2 Å². The van der Waals surface area contributed by atoms with Gasteiger partial charge in [0.25, 0.3) is 0 Å². The van der Waals surface area contributed by atoms with E-state index in [2.05, 4.69) is 0 Å². The molecule has 0 spiro atoms. The predicted octanol–water partition coefficient (Wildman–Crippen LogP) is 1.61. The fourth-order valence-electron chi connectivity index (χ4n) is 1.55. The van der Waals surface area contributed by atoms with Gasteiger partial charge in [-0.25, -0.2) is 4.79 Å². The number of rotatable bonds is 3. The molecule has 2 aromatic rings. The van der Waals surface area contributed by atoms with Gasteiger partial charge in [-0.1, -0.05) is 0 Å². The Kier molecular flexibility index (Phi) is 3.14. The monoisotopic (exact) mass is 254 g/mol. The highest BCUT2D eigenvalue weighted by molar-refractivity contribution is 7.21. The molecule has 0 aromatic carbocycles. The fraction of sp³-hybridized carbons (Fsp3) is 0.273. The molecule has 0 saturated heterocycles. The van der Waals surface area contributed by atoms with Gasteiger partial charge in [-0.2, -0.15) is 0 Å². The molecule has 0 amide bonds. The molecule has 0 aliphatic heterocycles. The van der Waals surface area contributed by atoms with Gasteiger partial charge < -0.3 is 9.47 Å². The van der Waals surface area contributed by atoms with Gasteiger partial charge in [0, 0.05) is 16.2 Å². The van der Waals surface area contributed by atoms with E-state index in [4.69, 9.17) is 9.47 Å². The molecule has 0 aliphatic carbocycles. The van der Waals surface area contributed by atoms with Crippen LogP contribution in [0.4, 0.5) is 0 Å². The van der Waals surface area contributed by atoms with Crippen LogP contribution >= 0.6 is 11.3 Å². The molecular formula is C11H12NO4S+. The van der Waals surface area contributed by atoms with E-state index < -0.39 is 5.97 Å². The van der Waals surface area contributed by atoms with E-state index in [1.54, 1.807) is 13.0 Å². The number of nitrogens with zero attached hydrogens (tertiary/aromatic N) is 1. The summed E-state index contributed by atoms with van der Waals surface area (Å²) in [6, 6.07) is 1.69. The molecule has 0 unspecified atom stereocenters. The second-order valence-electron chi connectivity index (χ2n) is 3.29. The van der Waals surface area contributed by atoms with Crippen LogP contribution in [0.2, 0.25) is 0 Å². The maximum absolute atomic E-state index is 11.7. The van der Waals surface area contributed by atoms with E-state index in [1.165, 1.54) is 30.8 Å². The van der Waals surface area contributed by atoms with Gasteiger partial charge in [0.1, 0.15) is 4.70 Å². The minimum Gasteiger partial charge on any atom is -0.494 e. The van der Waals surface area contributed by atoms with Crippen LogP contribution in [0, 0.1) is 0 Å². The Morgan fingerprint density at radius 1 is 1.59 bits per heavy atom. The van der Waals surface area contributed by atoms with Crippen LogP contribution < -0.4 is 9.47 Å². The maximum atomic E-state index is 11.7. The summed E-state index contributed by atoms with van der Waals surface area (Å²) in [4.78, 5) is 12.1. The lowest BCUT2D eigenvalue weighted by Crippen LogP contribution is -2.27. The highest BCUT2D eigenvalue weighted by atomic mass is 32.1. The second kappa shape index (κ2) is 4.58. The van der Waals surface area contributed by atoms with Crippen LogP contribution in [0.25, 0.3) is 10.1 Å². The largest absolute Gasteiger partial charge is 0.494 e. The summed E-state index contributed by atoms with van der Waals surface area (Å²) in [5, 5.41) is 10.1. The van der Waals surface area contributed by atoms with Crippen LogP contribution in [0.3, 0.4) is 0 Å². The lowest BCUT2D eigenvalue weighted by Gasteiger charge is -2.02. The Bertz CT molecular complexity index is 564. The number of ether oxygens (including phenoxy) is 2. The van der Waals surface area contributed by atoms with Gasteiger partial charge in [0.2, 0.25) is 12.4 Å². The summed E-state index contributed by atoms with van der Waals surface area (Å²) >= 11 is 1.23. The summed E-state index contributed by atoms with van der Waals surface area (Å²) in [5.74, 6) is 0.0825. The van der Waals surface area contributed by atoms with Crippen LogP contribution in [0.15, 0.2) is 18.5 Å². The first-order chi connectivity index (χ1) is 8.17. The van der Waals surface area contributed by atoms with Crippen LogP contribution in [-0.2, 0) is 4.74 Å². The fourth-order valence-corrected chi connectivity index (χ4v) is 2.63. The number of hydrogen-bond donors (Lipinski definition) is 1. The molecule has 17 heavy (non-hydrogen) atoms. The average Bonchev–Trinajstić information content (AvgIpc) is 2.66. The molecule has 0 atom stereocenters. The molecule has 2 rings (SSSR count). The van der Waals surface area contributed by atoms with Crippen molar-refractivity contribution >= 4 is 27.4 Å². The van der Waals surface area contributed by atoms with Crippen molar-refractivity contribution in [1.82, 2.24) is 0 Å². The smallest absolute Gasteiger partial charge is 0.352 e. The van der Waals surface area contributed by atoms with E-state index >= 15 is 0 Å². The Morgan fingerprint density at radius 2 is 2.35 bits per heavy atom. The normalized spacial score (nSPS) is 10.5. The van der Waals surface area contributed by atoms with Gasteiger partial charge in [-0.15, -0.1) is 11.3 Å². The number of carbonyl (C=O) groups is 1. The van der Waals surface area contributed by atoms with E-state index in [0.717, 1.165) is 14.8 Å². The predicted molar refractivity (Wildman–Crippen MR) is 61.7 cm³/mol. The van der Waals surface area contributed by atoms with Crippen molar-refractivity contribution in [3.8, 4) is 5.75 Å². The zero-order valence-corrected chi connectivity index (χ0v) is 10.3. The zero-order chi connectivity index (χ0) is 12.4. The highest BCUT2D eigenvalue weighted by Gasteiger charge is 2.22. The summed E-state index contributed by atoms with van der Waals surface area (Å²) in [6.45, 7) is 2.07.